The molecule has 0 amide bonds. The van der Waals surface area contributed by atoms with Crippen LogP contribution in [0.4, 0.5) is 0 Å². The molecule has 0 unspecified atom stereocenters. The molecule has 0 atom stereocenters. The summed E-state index contributed by atoms with van der Waals surface area (Å²) in [5, 5.41) is 0.257. The molecule has 0 aliphatic heterocycles. The smallest absolute Gasteiger partial charge is 0.193 e. The van der Waals surface area contributed by atoms with E-state index < -0.39 is 8.32 Å². The second-order valence-electron chi connectivity index (χ2n) is 6.00. The van der Waals surface area contributed by atoms with Crippen molar-refractivity contribution in [1.29, 1.82) is 0 Å². The van der Waals surface area contributed by atoms with Crippen LogP contribution in [0.2, 0.25) is 18.1 Å². The Balaban J connectivity index is 2.30. The van der Waals surface area contributed by atoms with Crippen LogP contribution in [0.3, 0.4) is 0 Å². The van der Waals surface area contributed by atoms with E-state index in [0.717, 1.165) is 5.75 Å². The number of hydrogen-bond acceptors (Lipinski definition) is 2. The molecule has 0 heterocycles. The Kier molecular flexibility index (Phi) is 6.19. The molecule has 1 nitrogen and oxygen atoms in total. The van der Waals surface area contributed by atoms with Crippen LogP contribution in [0.25, 0.3) is 0 Å². The first-order chi connectivity index (χ1) is 8.83. The highest BCUT2D eigenvalue weighted by Gasteiger charge is 2.36. The highest BCUT2D eigenvalue weighted by molar-refractivity contribution is 7.99. The lowest BCUT2D eigenvalue weighted by atomic mass is 10.2. The predicted molar refractivity (Wildman–Crippen MR) is 88.1 cm³/mol. The first-order valence-corrected chi connectivity index (χ1v) is 10.5. The molecule has 1 aromatic rings. The molecule has 104 valence electrons. The summed E-state index contributed by atoms with van der Waals surface area (Å²) in [6, 6.07) is 10.4. The lowest BCUT2D eigenvalue weighted by Crippen LogP contribution is -2.40. The third-order valence-corrected chi connectivity index (χ3v) is 8.86. The normalized spacial score (nSPS) is 11.8. The van der Waals surface area contributed by atoms with Gasteiger partial charge in [0.15, 0.2) is 8.32 Å². The summed E-state index contributed by atoms with van der Waals surface area (Å²) in [6.45, 7) is 11.8. The minimum Gasteiger partial charge on any atom is -0.406 e. The molecule has 0 spiro atoms. The van der Waals surface area contributed by atoms with E-state index in [1.807, 2.05) is 6.07 Å². The van der Waals surface area contributed by atoms with Crippen molar-refractivity contribution >= 4 is 20.1 Å². The van der Waals surface area contributed by atoms with Gasteiger partial charge >= 0.3 is 0 Å². The van der Waals surface area contributed by atoms with Crippen molar-refractivity contribution in [3.63, 3.8) is 0 Å². The fraction of sp³-hybridized carbons (Fsp3) is 0.500. The lowest BCUT2D eigenvalue weighted by Gasteiger charge is -2.35. The zero-order valence-electron chi connectivity index (χ0n) is 12.6. The van der Waals surface area contributed by atoms with Gasteiger partial charge in [0.25, 0.3) is 0 Å². The maximum atomic E-state index is 6.00. The Hall–Kier alpha value is -0.693. The highest BCUT2D eigenvalue weighted by Crippen LogP contribution is 2.36. The maximum Gasteiger partial charge on any atom is 0.193 e. The quantitative estimate of drug-likeness (QED) is 0.448. The number of benzene rings is 1. The van der Waals surface area contributed by atoms with Crippen LogP contribution in [0.15, 0.2) is 35.2 Å². The van der Waals surface area contributed by atoms with Crippen LogP contribution >= 0.6 is 11.8 Å². The van der Waals surface area contributed by atoms with Crippen molar-refractivity contribution in [2.45, 2.75) is 43.8 Å². The van der Waals surface area contributed by atoms with E-state index in [1.54, 1.807) is 11.8 Å². The minimum atomic E-state index is -1.64. The molecule has 0 bridgehead atoms. The van der Waals surface area contributed by atoms with Gasteiger partial charge in [-0.2, -0.15) is 0 Å². The third-order valence-electron chi connectivity index (χ3n) is 3.49. The maximum absolute atomic E-state index is 6.00. The van der Waals surface area contributed by atoms with Gasteiger partial charge in [0.1, 0.15) is 0 Å². The van der Waals surface area contributed by atoms with Crippen LogP contribution in [0.5, 0.6) is 0 Å². The first kappa shape index (κ1) is 16.4. The Morgan fingerprint density at radius 3 is 2.32 bits per heavy atom. The van der Waals surface area contributed by atoms with Crippen molar-refractivity contribution in [3.8, 4) is 11.8 Å². The molecule has 0 fully saturated rings. The van der Waals surface area contributed by atoms with Crippen LogP contribution in [0.1, 0.15) is 20.8 Å². The van der Waals surface area contributed by atoms with E-state index in [-0.39, 0.29) is 5.04 Å². The molecule has 0 saturated heterocycles. The molecule has 0 saturated carbocycles. The summed E-state index contributed by atoms with van der Waals surface area (Å²) < 4.78 is 6.00. The van der Waals surface area contributed by atoms with Crippen molar-refractivity contribution in [2.24, 2.45) is 0 Å². The SMILES string of the molecule is CC(C)(C)[Si](C)(C)OCC#CCSc1ccccc1. The van der Waals surface area contributed by atoms with Crippen molar-refractivity contribution in [1.82, 2.24) is 0 Å². The molecule has 0 N–H and O–H groups in total. The van der Waals surface area contributed by atoms with Gasteiger partial charge < -0.3 is 4.43 Å². The summed E-state index contributed by atoms with van der Waals surface area (Å²) in [4.78, 5) is 1.27. The molecule has 3 heteroatoms. The zero-order chi connectivity index (χ0) is 14.4. The number of rotatable bonds is 4. The molecular formula is C16H24OSSi. The van der Waals surface area contributed by atoms with Crippen molar-refractivity contribution < 1.29 is 4.43 Å². The molecule has 0 aromatic heterocycles. The Bertz CT molecular complexity index is 437. The monoisotopic (exact) mass is 292 g/mol. The van der Waals surface area contributed by atoms with E-state index in [0.29, 0.717) is 6.61 Å². The summed E-state index contributed by atoms with van der Waals surface area (Å²) in [5.41, 5.74) is 0. The summed E-state index contributed by atoms with van der Waals surface area (Å²) in [6.07, 6.45) is 0. The Labute approximate surface area is 123 Å². The van der Waals surface area contributed by atoms with E-state index >= 15 is 0 Å². The fourth-order valence-corrected chi connectivity index (χ4v) is 2.73. The molecular weight excluding hydrogens is 268 g/mol. The second-order valence-corrected chi connectivity index (χ2v) is 11.9. The van der Waals surface area contributed by atoms with Gasteiger partial charge in [-0.1, -0.05) is 50.8 Å². The van der Waals surface area contributed by atoms with E-state index in [1.165, 1.54) is 4.90 Å². The number of thioether (sulfide) groups is 1. The molecule has 19 heavy (non-hydrogen) atoms. The largest absolute Gasteiger partial charge is 0.406 e. The van der Waals surface area contributed by atoms with Crippen LogP contribution in [-0.2, 0) is 4.43 Å². The molecule has 1 aromatic carbocycles. The first-order valence-electron chi connectivity index (χ1n) is 6.60. The van der Waals surface area contributed by atoms with E-state index in [4.69, 9.17) is 4.43 Å². The summed E-state index contributed by atoms with van der Waals surface area (Å²) in [5.74, 6) is 7.12. The van der Waals surface area contributed by atoms with Crippen LogP contribution < -0.4 is 0 Å². The van der Waals surface area contributed by atoms with Gasteiger partial charge in [-0.05, 0) is 30.3 Å². The third kappa shape index (κ3) is 5.86. The van der Waals surface area contributed by atoms with Crippen molar-refractivity contribution in [2.75, 3.05) is 12.4 Å². The van der Waals surface area contributed by atoms with Gasteiger partial charge in [-0.15, -0.1) is 11.8 Å². The Morgan fingerprint density at radius 1 is 1.11 bits per heavy atom. The average molecular weight is 293 g/mol. The lowest BCUT2D eigenvalue weighted by molar-refractivity contribution is 0.334. The minimum absolute atomic E-state index is 0.257. The van der Waals surface area contributed by atoms with Gasteiger partial charge in [0, 0.05) is 4.90 Å². The van der Waals surface area contributed by atoms with Crippen molar-refractivity contribution in [3.05, 3.63) is 30.3 Å². The highest BCUT2D eigenvalue weighted by atomic mass is 32.2. The fourth-order valence-electron chi connectivity index (χ4n) is 1.17. The zero-order valence-corrected chi connectivity index (χ0v) is 14.4. The predicted octanol–water partition coefficient (Wildman–Crippen LogP) is 4.80. The van der Waals surface area contributed by atoms with Gasteiger partial charge in [-0.3, -0.25) is 0 Å². The molecule has 0 radical (unpaired) electrons. The second kappa shape index (κ2) is 7.19. The number of hydrogen-bond donors (Lipinski definition) is 0. The summed E-state index contributed by atoms with van der Waals surface area (Å²) >= 11 is 1.77. The molecule has 0 aliphatic carbocycles. The van der Waals surface area contributed by atoms with E-state index in [9.17, 15) is 0 Å². The van der Waals surface area contributed by atoms with Gasteiger partial charge in [0.2, 0.25) is 0 Å². The van der Waals surface area contributed by atoms with Gasteiger partial charge in [0.05, 0.1) is 12.4 Å². The Morgan fingerprint density at radius 2 is 1.74 bits per heavy atom. The molecule has 1 rings (SSSR count). The van der Waals surface area contributed by atoms with Crippen LogP contribution in [0, 0.1) is 11.8 Å². The van der Waals surface area contributed by atoms with E-state index in [2.05, 4.69) is 70.0 Å². The van der Waals surface area contributed by atoms with Gasteiger partial charge in [-0.25, -0.2) is 0 Å². The van der Waals surface area contributed by atoms with Crippen LogP contribution in [-0.4, -0.2) is 20.7 Å². The average Bonchev–Trinajstić information content (AvgIpc) is 2.33. The molecule has 0 aliphatic rings. The topological polar surface area (TPSA) is 9.23 Å². The standard InChI is InChI=1S/C16H24OSSi/c1-16(2,3)19(4,5)17-13-9-10-14-18-15-11-7-6-8-12-15/h6-8,11-12H,13-14H2,1-5H3. The summed E-state index contributed by atoms with van der Waals surface area (Å²) in [7, 11) is -1.64.